The molecule has 1 aromatic heterocycles. The van der Waals surface area contributed by atoms with Gasteiger partial charge < -0.3 is 10.1 Å². The summed E-state index contributed by atoms with van der Waals surface area (Å²) >= 11 is 5.01. The van der Waals surface area contributed by atoms with Crippen LogP contribution in [-0.2, 0) is 6.54 Å². The Morgan fingerprint density at radius 2 is 2.06 bits per heavy atom. The van der Waals surface area contributed by atoms with Gasteiger partial charge in [0.05, 0.1) is 12.2 Å². The van der Waals surface area contributed by atoms with Gasteiger partial charge in [-0.2, -0.15) is 8.78 Å². The summed E-state index contributed by atoms with van der Waals surface area (Å²) in [5.74, 6) is 0.153. The molecule has 0 saturated carbocycles. The van der Waals surface area contributed by atoms with Crippen LogP contribution in [0.2, 0.25) is 0 Å². The highest BCUT2D eigenvalue weighted by atomic mass is 79.9. The highest BCUT2D eigenvalue weighted by molar-refractivity contribution is 9.10. The van der Waals surface area contributed by atoms with Crippen LogP contribution < -0.4 is 10.1 Å². The molecular formula is C12H10BrF2NOS. The summed E-state index contributed by atoms with van der Waals surface area (Å²) in [6.45, 7) is -2.26. The molecule has 0 unspecified atom stereocenters. The lowest BCUT2D eigenvalue weighted by Crippen LogP contribution is -2.06. The van der Waals surface area contributed by atoms with E-state index in [1.807, 2.05) is 11.4 Å². The average Bonchev–Trinajstić information content (AvgIpc) is 2.73. The summed E-state index contributed by atoms with van der Waals surface area (Å²) in [5.41, 5.74) is 0.554. The van der Waals surface area contributed by atoms with Gasteiger partial charge in [0.1, 0.15) is 5.75 Å². The Hall–Kier alpha value is -1.14. The van der Waals surface area contributed by atoms with E-state index in [2.05, 4.69) is 26.0 Å². The minimum atomic E-state index is -2.82. The number of hydrogen-bond acceptors (Lipinski definition) is 3. The first-order valence-electron chi connectivity index (χ1n) is 5.16. The zero-order chi connectivity index (χ0) is 13.0. The third-order valence-corrected chi connectivity index (χ3v) is 4.16. The monoisotopic (exact) mass is 333 g/mol. The molecule has 1 aromatic carbocycles. The Kier molecular flexibility index (Phi) is 4.54. The third-order valence-electron chi connectivity index (χ3n) is 2.23. The SMILES string of the molecule is FC(F)Oc1ccccc1NCc1sccc1Br. The highest BCUT2D eigenvalue weighted by Gasteiger charge is 2.09. The van der Waals surface area contributed by atoms with Crippen molar-refractivity contribution in [1.82, 2.24) is 0 Å². The van der Waals surface area contributed by atoms with Crippen LogP contribution >= 0.6 is 27.3 Å². The second-order valence-electron chi connectivity index (χ2n) is 3.42. The summed E-state index contributed by atoms with van der Waals surface area (Å²) in [7, 11) is 0. The number of nitrogens with one attached hydrogen (secondary N) is 1. The van der Waals surface area contributed by atoms with Crippen LogP contribution in [0.4, 0.5) is 14.5 Å². The second kappa shape index (κ2) is 6.15. The third kappa shape index (κ3) is 3.43. The molecule has 96 valence electrons. The predicted octanol–water partition coefficient (Wildman–Crippen LogP) is 4.72. The Morgan fingerprint density at radius 3 is 2.72 bits per heavy atom. The molecule has 6 heteroatoms. The van der Waals surface area contributed by atoms with Gasteiger partial charge in [0.2, 0.25) is 0 Å². The van der Waals surface area contributed by atoms with Crippen LogP contribution in [0, 0.1) is 0 Å². The first-order valence-corrected chi connectivity index (χ1v) is 6.83. The fourth-order valence-electron chi connectivity index (χ4n) is 1.44. The molecule has 18 heavy (non-hydrogen) atoms. The number of para-hydroxylation sites is 2. The molecule has 0 spiro atoms. The molecule has 2 aromatic rings. The Morgan fingerprint density at radius 1 is 1.28 bits per heavy atom. The number of thiophene rings is 1. The highest BCUT2D eigenvalue weighted by Crippen LogP contribution is 2.28. The van der Waals surface area contributed by atoms with Crippen molar-refractivity contribution in [1.29, 1.82) is 0 Å². The van der Waals surface area contributed by atoms with Crippen LogP contribution in [0.25, 0.3) is 0 Å². The lowest BCUT2D eigenvalue weighted by molar-refractivity contribution is -0.0493. The number of hydrogen-bond donors (Lipinski definition) is 1. The van der Waals surface area contributed by atoms with Gasteiger partial charge in [-0.25, -0.2) is 0 Å². The molecule has 0 atom stereocenters. The van der Waals surface area contributed by atoms with Gasteiger partial charge in [-0.05, 0) is 39.5 Å². The predicted molar refractivity (Wildman–Crippen MR) is 72.4 cm³/mol. The van der Waals surface area contributed by atoms with E-state index in [0.29, 0.717) is 12.2 Å². The molecule has 2 rings (SSSR count). The number of rotatable bonds is 5. The molecule has 0 radical (unpaired) electrons. The molecule has 0 saturated heterocycles. The Balaban J connectivity index is 2.07. The number of halogens is 3. The maximum Gasteiger partial charge on any atom is 0.387 e. The van der Waals surface area contributed by atoms with Gasteiger partial charge in [0.15, 0.2) is 0 Å². The van der Waals surface area contributed by atoms with E-state index in [9.17, 15) is 8.78 Å². The lowest BCUT2D eigenvalue weighted by atomic mass is 10.3. The molecule has 0 aliphatic carbocycles. The van der Waals surface area contributed by atoms with Crippen LogP contribution in [-0.4, -0.2) is 6.61 Å². The van der Waals surface area contributed by atoms with E-state index in [0.717, 1.165) is 9.35 Å². The number of anilines is 1. The van der Waals surface area contributed by atoms with Crippen LogP contribution in [0.15, 0.2) is 40.2 Å². The Bertz CT molecular complexity index is 518. The molecule has 2 nitrogen and oxygen atoms in total. The lowest BCUT2D eigenvalue weighted by Gasteiger charge is -2.12. The first-order chi connectivity index (χ1) is 8.66. The smallest absolute Gasteiger partial charge is 0.387 e. The zero-order valence-corrected chi connectivity index (χ0v) is 11.6. The molecule has 0 amide bonds. The number of benzene rings is 1. The normalized spacial score (nSPS) is 10.7. The van der Waals surface area contributed by atoms with Crippen molar-refractivity contribution in [2.45, 2.75) is 13.2 Å². The minimum absolute atomic E-state index is 0.153. The van der Waals surface area contributed by atoms with E-state index in [4.69, 9.17) is 0 Å². The summed E-state index contributed by atoms with van der Waals surface area (Å²) < 4.78 is 29.9. The minimum Gasteiger partial charge on any atom is -0.433 e. The standard InChI is InChI=1S/C12H10BrF2NOS/c13-8-5-6-18-11(8)7-16-9-3-1-2-4-10(9)17-12(14)15/h1-6,12,16H,7H2. The maximum atomic E-state index is 12.2. The average molecular weight is 334 g/mol. The summed E-state index contributed by atoms with van der Waals surface area (Å²) in [6, 6.07) is 8.59. The zero-order valence-electron chi connectivity index (χ0n) is 9.20. The van der Waals surface area contributed by atoms with Crippen LogP contribution in [0.3, 0.4) is 0 Å². The van der Waals surface area contributed by atoms with Crippen molar-refractivity contribution in [3.05, 3.63) is 45.1 Å². The van der Waals surface area contributed by atoms with Crippen molar-refractivity contribution in [3.63, 3.8) is 0 Å². The maximum absolute atomic E-state index is 12.2. The molecule has 1 heterocycles. The van der Waals surface area contributed by atoms with E-state index in [1.165, 1.54) is 6.07 Å². The fourth-order valence-corrected chi connectivity index (χ4v) is 2.87. The molecule has 1 N–H and O–H groups in total. The van der Waals surface area contributed by atoms with Crippen LogP contribution in [0.1, 0.15) is 4.88 Å². The number of ether oxygens (including phenoxy) is 1. The number of alkyl halides is 2. The van der Waals surface area contributed by atoms with Crippen LogP contribution in [0.5, 0.6) is 5.75 Å². The van der Waals surface area contributed by atoms with Gasteiger partial charge >= 0.3 is 6.61 Å². The van der Waals surface area contributed by atoms with E-state index >= 15 is 0 Å². The second-order valence-corrected chi connectivity index (χ2v) is 5.27. The van der Waals surface area contributed by atoms with Crippen molar-refractivity contribution < 1.29 is 13.5 Å². The molecule has 0 fully saturated rings. The molecule has 0 aliphatic rings. The summed E-state index contributed by atoms with van der Waals surface area (Å²) in [6.07, 6.45) is 0. The quantitative estimate of drug-likeness (QED) is 0.854. The van der Waals surface area contributed by atoms with Gasteiger partial charge in [0.25, 0.3) is 0 Å². The first kappa shape index (κ1) is 13.3. The van der Waals surface area contributed by atoms with Crippen molar-refractivity contribution in [3.8, 4) is 5.75 Å². The Labute approximate surface area is 116 Å². The van der Waals surface area contributed by atoms with Gasteiger partial charge in [-0.15, -0.1) is 11.3 Å². The molecular weight excluding hydrogens is 324 g/mol. The molecule has 0 bridgehead atoms. The van der Waals surface area contributed by atoms with E-state index < -0.39 is 6.61 Å². The van der Waals surface area contributed by atoms with Crippen molar-refractivity contribution in [2.24, 2.45) is 0 Å². The van der Waals surface area contributed by atoms with Crippen molar-refractivity contribution in [2.75, 3.05) is 5.32 Å². The summed E-state index contributed by atoms with van der Waals surface area (Å²) in [4.78, 5) is 1.10. The summed E-state index contributed by atoms with van der Waals surface area (Å²) in [5, 5.41) is 5.04. The van der Waals surface area contributed by atoms with E-state index in [-0.39, 0.29) is 5.75 Å². The largest absolute Gasteiger partial charge is 0.433 e. The topological polar surface area (TPSA) is 21.3 Å². The van der Waals surface area contributed by atoms with Gasteiger partial charge in [-0.3, -0.25) is 0 Å². The van der Waals surface area contributed by atoms with Gasteiger partial charge in [-0.1, -0.05) is 12.1 Å². The molecule has 0 aliphatic heterocycles. The van der Waals surface area contributed by atoms with Crippen molar-refractivity contribution >= 4 is 33.0 Å². The van der Waals surface area contributed by atoms with Gasteiger partial charge in [0, 0.05) is 9.35 Å². The van der Waals surface area contributed by atoms with E-state index in [1.54, 1.807) is 29.5 Å². The fraction of sp³-hybridized carbons (Fsp3) is 0.167.